The first-order chi connectivity index (χ1) is 6.57. The molecule has 74 valence electrons. The second-order valence-electron chi connectivity index (χ2n) is 3.08. The van der Waals surface area contributed by atoms with E-state index in [4.69, 9.17) is 9.11 Å². The van der Waals surface area contributed by atoms with E-state index in [1.807, 2.05) is 24.3 Å². The first-order valence-electron chi connectivity index (χ1n) is 4.12. The van der Waals surface area contributed by atoms with Gasteiger partial charge >= 0.3 is 0 Å². The lowest BCUT2D eigenvalue weighted by Crippen LogP contribution is -2.07. The molecule has 0 unspecified atom stereocenters. The van der Waals surface area contributed by atoms with Crippen LogP contribution in [0.2, 0.25) is 0 Å². The van der Waals surface area contributed by atoms with Crippen molar-refractivity contribution in [3.05, 3.63) is 42.5 Å². The van der Waals surface area contributed by atoms with Gasteiger partial charge in [0.05, 0.1) is 15.4 Å². The van der Waals surface area contributed by atoms with Gasteiger partial charge in [-0.1, -0.05) is 30.3 Å². The smallest absolute Gasteiger partial charge is 0.0995 e. The molecule has 4 heteroatoms. The zero-order valence-corrected chi connectivity index (χ0v) is 8.19. The maximum Gasteiger partial charge on any atom is 0.0995 e. The van der Waals surface area contributed by atoms with Gasteiger partial charge in [0.15, 0.2) is 0 Å². The van der Waals surface area contributed by atoms with Crippen LogP contribution in [0.15, 0.2) is 47.4 Å². The van der Waals surface area contributed by atoms with E-state index in [1.54, 1.807) is 6.07 Å². The first-order valence-corrected chi connectivity index (χ1v) is 5.73. The minimum absolute atomic E-state index is 0.0659. The summed E-state index contributed by atoms with van der Waals surface area (Å²) in [5, 5.41) is 1.82. The van der Waals surface area contributed by atoms with Gasteiger partial charge in [0.25, 0.3) is 0 Å². The third-order valence-corrected chi connectivity index (χ3v) is 3.02. The maximum absolute atomic E-state index is 11.0. The van der Waals surface area contributed by atoms with Gasteiger partial charge < -0.3 is 9.11 Å². The molecule has 3 nitrogen and oxygen atoms in total. The third kappa shape index (κ3) is 1.68. The highest BCUT2D eigenvalue weighted by Gasteiger charge is 2.07. The summed E-state index contributed by atoms with van der Waals surface area (Å²) in [5.74, 6) is 0. The van der Waals surface area contributed by atoms with E-state index in [1.165, 1.54) is 12.1 Å². The van der Waals surface area contributed by atoms with Gasteiger partial charge in [-0.25, -0.2) is 4.21 Å². The average molecular weight is 210 g/mol. The van der Waals surface area contributed by atoms with Crippen molar-refractivity contribution in [2.45, 2.75) is 4.90 Å². The fourth-order valence-corrected chi connectivity index (χ4v) is 1.93. The zero-order valence-electron chi connectivity index (χ0n) is 7.29. The van der Waals surface area contributed by atoms with E-state index >= 15 is 0 Å². The van der Waals surface area contributed by atoms with Crippen LogP contribution in [0.5, 0.6) is 0 Å². The van der Waals surface area contributed by atoms with Crippen LogP contribution in [-0.4, -0.2) is 13.3 Å². The van der Waals surface area contributed by atoms with Crippen LogP contribution in [0.4, 0.5) is 0 Å². The Morgan fingerprint density at radius 3 is 2.21 bits per heavy atom. The van der Waals surface area contributed by atoms with Gasteiger partial charge in [0, 0.05) is 0 Å². The molecule has 0 aliphatic rings. The average Bonchev–Trinajstić information content (AvgIpc) is 2.16. The molecule has 2 aromatic rings. The SMILES string of the molecule is O=[SH](O)(O)c1ccc2ccccc2c1. The predicted molar refractivity (Wildman–Crippen MR) is 57.0 cm³/mol. The number of hydrogen-bond acceptors (Lipinski definition) is 1. The summed E-state index contributed by atoms with van der Waals surface area (Å²) in [6.45, 7) is 0. The number of benzene rings is 2. The maximum atomic E-state index is 11.0. The highest BCUT2D eigenvalue weighted by atomic mass is 32.3. The van der Waals surface area contributed by atoms with Crippen molar-refractivity contribution >= 4 is 21.3 Å². The van der Waals surface area contributed by atoms with Crippen LogP contribution in [0.25, 0.3) is 10.8 Å². The minimum atomic E-state index is -4.12. The van der Waals surface area contributed by atoms with Crippen molar-refractivity contribution in [2.75, 3.05) is 0 Å². The molecule has 0 aromatic heterocycles. The van der Waals surface area contributed by atoms with Crippen molar-refractivity contribution < 1.29 is 13.3 Å². The summed E-state index contributed by atoms with van der Waals surface area (Å²) < 4.78 is 28.9. The quantitative estimate of drug-likeness (QED) is 0.632. The minimum Gasteiger partial charge on any atom is -0.306 e. The molecule has 2 N–H and O–H groups in total. The van der Waals surface area contributed by atoms with Crippen LogP contribution < -0.4 is 0 Å². The highest BCUT2D eigenvalue weighted by Crippen LogP contribution is 2.20. The number of rotatable bonds is 1. The Hall–Kier alpha value is -1.23. The molecule has 0 amide bonds. The second kappa shape index (κ2) is 3.16. The molecule has 2 rings (SSSR count). The fourth-order valence-electron chi connectivity index (χ4n) is 1.36. The fraction of sp³-hybridized carbons (Fsp3) is 0. The summed E-state index contributed by atoms with van der Waals surface area (Å²) >= 11 is 0. The van der Waals surface area contributed by atoms with Gasteiger partial charge in [-0.2, -0.15) is 0 Å². The Morgan fingerprint density at radius 1 is 0.929 bits per heavy atom. The summed E-state index contributed by atoms with van der Waals surface area (Å²) in [7, 11) is -4.12. The molecule has 0 bridgehead atoms. The van der Waals surface area contributed by atoms with Crippen molar-refractivity contribution in [2.24, 2.45) is 0 Å². The molecule has 0 heterocycles. The largest absolute Gasteiger partial charge is 0.306 e. The van der Waals surface area contributed by atoms with Gasteiger partial charge in [-0.3, -0.25) is 0 Å². The van der Waals surface area contributed by atoms with Crippen LogP contribution >= 0.6 is 0 Å². The van der Waals surface area contributed by atoms with E-state index in [-0.39, 0.29) is 4.90 Å². The summed E-state index contributed by atoms with van der Waals surface area (Å²) in [6.07, 6.45) is 0. The van der Waals surface area contributed by atoms with E-state index in [2.05, 4.69) is 0 Å². The molecule has 0 saturated carbocycles. The number of fused-ring (bicyclic) bond motifs is 1. The molecule has 14 heavy (non-hydrogen) atoms. The normalized spacial score (nSPS) is 13.0. The molecule has 0 atom stereocenters. The van der Waals surface area contributed by atoms with E-state index < -0.39 is 10.5 Å². The molecule has 0 spiro atoms. The molecule has 0 fully saturated rings. The van der Waals surface area contributed by atoms with Crippen LogP contribution in [0, 0.1) is 0 Å². The lowest BCUT2D eigenvalue weighted by molar-refractivity contribution is 0.423. The number of thiol groups is 1. The Balaban J connectivity index is 2.69. The number of hydrogen-bond donors (Lipinski definition) is 3. The van der Waals surface area contributed by atoms with Crippen molar-refractivity contribution in [3.8, 4) is 0 Å². The monoisotopic (exact) mass is 210 g/mol. The lowest BCUT2D eigenvalue weighted by Gasteiger charge is -2.10. The van der Waals surface area contributed by atoms with Crippen molar-refractivity contribution in [3.63, 3.8) is 0 Å². The van der Waals surface area contributed by atoms with Crippen molar-refractivity contribution in [1.29, 1.82) is 0 Å². The van der Waals surface area contributed by atoms with Gasteiger partial charge in [-0.05, 0) is 22.9 Å². The highest BCUT2D eigenvalue weighted by molar-refractivity contribution is 7.92. The Bertz CT molecular complexity index is 516. The third-order valence-electron chi connectivity index (χ3n) is 2.07. The Kier molecular flexibility index (Phi) is 2.11. The molecule has 0 radical (unpaired) electrons. The zero-order chi connectivity index (χ0) is 10.2. The van der Waals surface area contributed by atoms with Crippen LogP contribution in [0.3, 0.4) is 0 Å². The Labute approximate surface area is 82.5 Å². The van der Waals surface area contributed by atoms with Crippen LogP contribution in [0.1, 0.15) is 0 Å². The van der Waals surface area contributed by atoms with Gasteiger partial charge in [0.2, 0.25) is 0 Å². The molecule has 2 aromatic carbocycles. The van der Waals surface area contributed by atoms with E-state index in [0.29, 0.717) is 0 Å². The topological polar surface area (TPSA) is 57.5 Å². The standard InChI is InChI=1S/C10H10O3S/c11-14(12,13)10-6-5-8-3-1-2-4-9(8)7-10/h1-7,14H,(H2,11,12,13). The molecule has 0 aliphatic heterocycles. The molecular formula is C10H10O3S. The van der Waals surface area contributed by atoms with Gasteiger partial charge in [-0.15, -0.1) is 0 Å². The second-order valence-corrected chi connectivity index (χ2v) is 4.68. The first kappa shape index (κ1) is 9.33. The van der Waals surface area contributed by atoms with E-state index in [9.17, 15) is 4.21 Å². The summed E-state index contributed by atoms with van der Waals surface area (Å²) in [4.78, 5) is 0.0659. The van der Waals surface area contributed by atoms with Gasteiger partial charge in [0.1, 0.15) is 0 Å². The molecule has 0 saturated heterocycles. The van der Waals surface area contributed by atoms with Crippen LogP contribution in [-0.2, 0) is 10.5 Å². The van der Waals surface area contributed by atoms with Crippen molar-refractivity contribution in [1.82, 2.24) is 0 Å². The lowest BCUT2D eigenvalue weighted by atomic mass is 10.1. The summed E-state index contributed by atoms with van der Waals surface area (Å²) in [5.41, 5.74) is 0. The summed E-state index contributed by atoms with van der Waals surface area (Å²) in [6, 6.07) is 12.2. The molecular weight excluding hydrogens is 200 g/mol. The molecule has 0 aliphatic carbocycles. The predicted octanol–water partition coefficient (Wildman–Crippen LogP) is 2.16. The van der Waals surface area contributed by atoms with E-state index in [0.717, 1.165) is 10.8 Å². The Morgan fingerprint density at radius 2 is 1.57 bits per heavy atom.